The molecule has 0 radical (unpaired) electrons. The van der Waals surface area contributed by atoms with Crippen molar-refractivity contribution in [3.8, 4) is 0 Å². The molecule has 0 aliphatic carbocycles. The number of amides is 2. The van der Waals surface area contributed by atoms with Crippen molar-refractivity contribution in [2.45, 2.75) is 6.42 Å². The van der Waals surface area contributed by atoms with Gasteiger partial charge >= 0.3 is 0 Å². The van der Waals surface area contributed by atoms with E-state index in [1.54, 1.807) is 22.0 Å². The Morgan fingerprint density at radius 3 is 2.44 bits per heavy atom. The molecule has 1 aromatic heterocycles. The molecular weight excluding hydrogens is 344 g/mol. The second kappa shape index (κ2) is 7.75. The molecule has 2 amide bonds. The first-order valence-electron chi connectivity index (χ1n) is 9.19. The monoisotopic (exact) mass is 366 g/mol. The number of piperazine rings is 1. The lowest BCUT2D eigenvalue weighted by Crippen LogP contribution is -2.51. The zero-order valence-corrected chi connectivity index (χ0v) is 15.1. The molecule has 1 aromatic carbocycles. The average molecular weight is 366 g/mol. The zero-order valence-electron chi connectivity index (χ0n) is 15.1. The highest BCUT2D eigenvalue weighted by molar-refractivity contribution is 6.02. The summed E-state index contributed by atoms with van der Waals surface area (Å²) in [4.78, 5) is 28.7. The van der Waals surface area contributed by atoms with Gasteiger partial charge in [0.05, 0.1) is 25.1 Å². The van der Waals surface area contributed by atoms with Crippen LogP contribution in [0.1, 0.15) is 22.5 Å². The predicted octanol–water partition coefficient (Wildman–Crippen LogP) is 1.67. The fourth-order valence-corrected chi connectivity index (χ4v) is 3.41. The zero-order chi connectivity index (χ0) is 18.6. The molecule has 2 aliphatic heterocycles. The molecule has 7 nitrogen and oxygen atoms in total. The minimum atomic E-state index is -0.0948. The fourth-order valence-electron chi connectivity index (χ4n) is 3.41. The summed E-state index contributed by atoms with van der Waals surface area (Å²) in [6.45, 7) is 3.47. The highest BCUT2D eigenvalue weighted by Crippen LogP contribution is 2.15. The summed E-state index contributed by atoms with van der Waals surface area (Å²) in [5.41, 5.74) is 2.02. The molecule has 0 bridgehead atoms. The molecule has 2 aromatic rings. The van der Waals surface area contributed by atoms with Gasteiger partial charge in [-0.25, -0.2) is 5.01 Å². The Bertz CT molecular complexity index is 824. The van der Waals surface area contributed by atoms with Crippen LogP contribution in [0.15, 0.2) is 58.2 Å². The highest BCUT2D eigenvalue weighted by Gasteiger charge is 2.27. The van der Waals surface area contributed by atoms with Gasteiger partial charge in [0.15, 0.2) is 5.76 Å². The van der Waals surface area contributed by atoms with E-state index in [0.29, 0.717) is 45.0 Å². The summed E-state index contributed by atoms with van der Waals surface area (Å²) >= 11 is 0. The fraction of sp³-hybridized carbons (Fsp3) is 0.350. The van der Waals surface area contributed by atoms with Gasteiger partial charge in [-0.05, 0) is 17.7 Å². The first-order valence-corrected chi connectivity index (χ1v) is 9.19. The van der Waals surface area contributed by atoms with Crippen molar-refractivity contribution in [3.63, 3.8) is 0 Å². The van der Waals surface area contributed by atoms with Gasteiger partial charge in [-0.15, -0.1) is 0 Å². The molecule has 140 valence electrons. The second-order valence-electron chi connectivity index (χ2n) is 6.73. The first kappa shape index (κ1) is 17.5. The number of nitrogens with zero attached hydrogens (tertiary/aromatic N) is 4. The van der Waals surface area contributed by atoms with Crippen LogP contribution in [0.4, 0.5) is 0 Å². The number of hydrazone groups is 1. The van der Waals surface area contributed by atoms with Crippen LogP contribution in [0.2, 0.25) is 0 Å². The molecule has 7 heteroatoms. The van der Waals surface area contributed by atoms with Crippen LogP contribution in [0.25, 0.3) is 0 Å². The maximum absolute atomic E-state index is 12.6. The van der Waals surface area contributed by atoms with Crippen molar-refractivity contribution in [3.05, 3.63) is 60.1 Å². The van der Waals surface area contributed by atoms with E-state index < -0.39 is 0 Å². The van der Waals surface area contributed by atoms with E-state index in [-0.39, 0.29) is 11.8 Å². The van der Waals surface area contributed by atoms with Gasteiger partial charge in [0.2, 0.25) is 0 Å². The quantitative estimate of drug-likeness (QED) is 0.825. The van der Waals surface area contributed by atoms with Crippen molar-refractivity contribution >= 4 is 17.5 Å². The Morgan fingerprint density at radius 1 is 0.963 bits per heavy atom. The van der Waals surface area contributed by atoms with E-state index in [9.17, 15) is 9.59 Å². The topological polar surface area (TPSA) is 69.4 Å². The Labute approximate surface area is 157 Å². The second-order valence-corrected chi connectivity index (χ2v) is 6.73. The van der Waals surface area contributed by atoms with Gasteiger partial charge < -0.3 is 9.32 Å². The minimum Gasteiger partial charge on any atom is -0.459 e. The molecule has 2 aliphatic rings. The molecule has 0 unspecified atom stereocenters. The SMILES string of the molecule is O=C(c1ccco1)N1CCN(CC(=O)N2CCC(c3ccccc3)=N2)CC1. The lowest BCUT2D eigenvalue weighted by Gasteiger charge is -2.34. The van der Waals surface area contributed by atoms with E-state index in [1.165, 1.54) is 6.26 Å². The van der Waals surface area contributed by atoms with E-state index in [2.05, 4.69) is 10.0 Å². The van der Waals surface area contributed by atoms with Crippen LogP contribution < -0.4 is 0 Å². The van der Waals surface area contributed by atoms with Crippen LogP contribution in [-0.2, 0) is 4.79 Å². The van der Waals surface area contributed by atoms with Gasteiger partial charge in [0.1, 0.15) is 0 Å². The molecule has 27 heavy (non-hydrogen) atoms. The molecule has 1 fully saturated rings. The third kappa shape index (κ3) is 3.93. The van der Waals surface area contributed by atoms with Gasteiger partial charge in [-0.3, -0.25) is 14.5 Å². The molecule has 0 saturated carbocycles. The predicted molar refractivity (Wildman–Crippen MR) is 100 cm³/mol. The number of benzene rings is 1. The van der Waals surface area contributed by atoms with Crippen LogP contribution in [-0.4, -0.2) is 71.6 Å². The minimum absolute atomic E-state index is 0.00624. The molecule has 0 N–H and O–H groups in total. The van der Waals surface area contributed by atoms with E-state index >= 15 is 0 Å². The normalized spacial score (nSPS) is 17.9. The summed E-state index contributed by atoms with van der Waals surface area (Å²) < 4.78 is 5.17. The lowest BCUT2D eigenvalue weighted by atomic mass is 10.1. The van der Waals surface area contributed by atoms with Crippen LogP contribution in [0, 0.1) is 0 Å². The van der Waals surface area contributed by atoms with E-state index in [0.717, 1.165) is 17.7 Å². The standard InChI is InChI=1S/C20H22N4O3/c25-19(24-9-8-17(21-24)16-5-2-1-3-6-16)15-22-10-12-23(13-11-22)20(26)18-7-4-14-27-18/h1-7,14H,8-13,15H2. The van der Waals surface area contributed by atoms with Crippen molar-refractivity contribution in [2.24, 2.45) is 5.10 Å². The number of furan rings is 1. The maximum atomic E-state index is 12.6. The Hall–Kier alpha value is -2.93. The van der Waals surface area contributed by atoms with Crippen molar-refractivity contribution in [1.29, 1.82) is 0 Å². The summed E-state index contributed by atoms with van der Waals surface area (Å²) in [7, 11) is 0. The smallest absolute Gasteiger partial charge is 0.289 e. The number of carbonyl (C=O) groups excluding carboxylic acids is 2. The number of carbonyl (C=O) groups is 2. The van der Waals surface area contributed by atoms with Crippen molar-refractivity contribution < 1.29 is 14.0 Å². The van der Waals surface area contributed by atoms with E-state index in [4.69, 9.17) is 4.42 Å². The number of rotatable bonds is 4. The van der Waals surface area contributed by atoms with Crippen LogP contribution in [0.5, 0.6) is 0 Å². The molecular formula is C20H22N4O3. The van der Waals surface area contributed by atoms with Crippen molar-refractivity contribution in [2.75, 3.05) is 39.3 Å². The largest absolute Gasteiger partial charge is 0.459 e. The summed E-state index contributed by atoms with van der Waals surface area (Å²) in [6.07, 6.45) is 2.28. The Morgan fingerprint density at radius 2 is 1.74 bits per heavy atom. The van der Waals surface area contributed by atoms with Gasteiger partial charge in [0.25, 0.3) is 11.8 Å². The van der Waals surface area contributed by atoms with E-state index in [1.807, 2.05) is 30.3 Å². The average Bonchev–Trinajstić information content (AvgIpc) is 3.41. The third-order valence-corrected chi connectivity index (χ3v) is 4.95. The van der Waals surface area contributed by atoms with Crippen LogP contribution in [0.3, 0.4) is 0 Å². The molecule has 1 saturated heterocycles. The first-order chi connectivity index (χ1) is 13.2. The molecule has 3 heterocycles. The lowest BCUT2D eigenvalue weighted by molar-refractivity contribution is -0.132. The molecule has 0 atom stereocenters. The number of hydrogen-bond donors (Lipinski definition) is 0. The Balaban J connectivity index is 1.29. The number of hydrogen-bond acceptors (Lipinski definition) is 5. The summed E-state index contributed by atoms with van der Waals surface area (Å²) in [5, 5.41) is 6.07. The van der Waals surface area contributed by atoms with Gasteiger partial charge in [0, 0.05) is 32.6 Å². The third-order valence-electron chi connectivity index (χ3n) is 4.95. The van der Waals surface area contributed by atoms with Crippen LogP contribution >= 0.6 is 0 Å². The van der Waals surface area contributed by atoms with Gasteiger partial charge in [-0.1, -0.05) is 30.3 Å². The summed E-state index contributed by atoms with van der Waals surface area (Å²) in [6, 6.07) is 13.3. The maximum Gasteiger partial charge on any atom is 0.289 e. The molecule has 4 rings (SSSR count). The Kier molecular flexibility index (Phi) is 5.02. The van der Waals surface area contributed by atoms with Gasteiger partial charge in [-0.2, -0.15) is 5.10 Å². The highest BCUT2D eigenvalue weighted by atomic mass is 16.3. The van der Waals surface area contributed by atoms with Crippen molar-refractivity contribution in [1.82, 2.24) is 14.8 Å². The summed E-state index contributed by atoms with van der Waals surface area (Å²) in [5.74, 6) is 0.272. The molecule has 0 spiro atoms.